The Morgan fingerprint density at radius 2 is 2.25 bits per heavy atom. The molecule has 90 valence electrons. The van der Waals surface area contributed by atoms with E-state index in [4.69, 9.17) is 10.5 Å². The van der Waals surface area contributed by atoms with Crippen LogP contribution in [0.3, 0.4) is 0 Å². The lowest BCUT2D eigenvalue weighted by Crippen LogP contribution is -2.33. The van der Waals surface area contributed by atoms with Crippen molar-refractivity contribution in [3.63, 3.8) is 0 Å². The number of hydrogen-bond acceptors (Lipinski definition) is 4. The first-order chi connectivity index (χ1) is 7.70. The predicted octanol–water partition coefficient (Wildman–Crippen LogP) is 1.65. The van der Waals surface area contributed by atoms with Crippen LogP contribution in [0.2, 0.25) is 0 Å². The van der Waals surface area contributed by atoms with Crippen molar-refractivity contribution in [2.45, 2.75) is 26.3 Å². The van der Waals surface area contributed by atoms with Gasteiger partial charge in [0.25, 0.3) is 0 Å². The predicted molar refractivity (Wildman–Crippen MR) is 66.9 cm³/mol. The Morgan fingerprint density at radius 1 is 1.50 bits per heavy atom. The van der Waals surface area contributed by atoms with E-state index < -0.39 is 0 Å². The van der Waals surface area contributed by atoms with Gasteiger partial charge in [0.2, 0.25) is 0 Å². The minimum Gasteiger partial charge on any atom is -0.493 e. The molecule has 1 aromatic rings. The van der Waals surface area contributed by atoms with Crippen LogP contribution in [0.25, 0.3) is 0 Å². The van der Waals surface area contributed by atoms with Crippen LogP contribution in [-0.2, 0) is 0 Å². The lowest BCUT2D eigenvalue weighted by atomic mass is 10.2. The van der Waals surface area contributed by atoms with Gasteiger partial charge in [-0.3, -0.25) is 0 Å². The Bertz CT molecular complexity index is 315. The summed E-state index contributed by atoms with van der Waals surface area (Å²) in [5.74, 6) is 1.71. The van der Waals surface area contributed by atoms with Crippen molar-refractivity contribution in [2.24, 2.45) is 5.73 Å². The summed E-state index contributed by atoms with van der Waals surface area (Å²) in [5, 5.41) is 0. The molecule has 16 heavy (non-hydrogen) atoms. The van der Waals surface area contributed by atoms with Crippen LogP contribution in [0, 0.1) is 0 Å². The lowest BCUT2D eigenvalue weighted by Gasteiger charge is -2.28. The molecular weight excluding hydrogens is 202 g/mol. The van der Waals surface area contributed by atoms with Crippen molar-refractivity contribution in [1.29, 1.82) is 0 Å². The summed E-state index contributed by atoms with van der Waals surface area (Å²) in [5.41, 5.74) is 5.55. The number of aromatic nitrogens is 1. The molecule has 4 nitrogen and oxygen atoms in total. The van der Waals surface area contributed by atoms with Gasteiger partial charge in [0.1, 0.15) is 0 Å². The number of methoxy groups -OCH3 is 1. The molecule has 0 atom stereocenters. The summed E-state index contributed by atoms with van der Waals surface area (Å²) in [6.07, 6.45) is 2.74. The molecule has 1 heterocycles. The topological polar surface area (TPSA) is 51.4 Å². The van der Waals surface area contributed by atoms with E-state index in [1.165, 1.54) is 0 Å². The summed E-state index contributed by atoms with van der Waals surface area (Å²) in [6, 6.07) is 4.19. The van der Waals surface area contributed by atoms with Gasteiger partial charge in [0, 0.05) is 18.8 Å². The standard InChI is InChI=1S/C12H21N3O/c1-10(2)15(9-5-7-13)12-11(16-3)6-4-8-14-12/h4,6,8,10H,5,7,9,13H2,1-3H3. The number of anilines is 1. The van der Waals surface area contributed by atoms with Gasteiger partial charge in [0.05, 0.1) is 7.11 Å². The Hall–Kier alpha value is -1.29. The van der Waals surface area contributed by atoms with Gasteiger partial charge in [-0.2, -0.15) is 0 Å². The fourth-order valence-electron chi connectivity index (χ4n) is 1.63. The van der Waals surface area contributed by atoms with Crippen molar-refractivity contribution in [3.8, 4) is 5.75 Å². The third-order valence-corrected chi connectivity index (χ3v) is 2.47. The first kappa shape index (κ1) is 12.8. The normalized spacial score (nSPS) is 10.6. The molecule has 0 fully saturated rings. The van der Waals surface area contributed by atoms with Crippen LogP contribution in [0.15, 0.2) is 18.3 Å². The van der Waals surface area contributed by atoms with E-state index in [2.05, 4.69) is 23.7 Å². The SMILES string of the molecule is COc1cccnc1N(CCCN)C(C)C. The smallest absolute Gasteiger partial charge is 0.171 e. The van der Waals surface area contributed by atoms with Gasteiger partial charge in [-0.25, -0.2) is 4.98 Å². The molecule has 1 rings (SSSR count). The van der Waals surface area contributed by atoms with E-state index in [0.717, 1.165) is 24.5 Å². The van der Waals surface area contributed by atoms with Crippen LogP contribution >= 0.6 is 0 Å². The van der Waals surface area contributed by atoms with E-state index in [9.17, 15) is 0 Å². The molecule has 0 unspecified atom stereocenters. The molecule has 0 radical (unpaired) electrons. The maximum absolute atomic E-state index is 5.55. The number of nitrogens with zero attached hydrogens (tertiary/aromatic N) is 2. The van der Waals surface area contributed by atoms with Gasteiger partial charge in [-0.1, -0.05) is 0 Å². The van der Waals surface area contributed by atoms with E-state index >= 15 is 0 Å². The number of hydrogen-bond donors (Lipinski definition) is 1. The number of ether oxygens (including phenoxy) is 1. The Kier molecular flexibility index (Phi) is 5.05. The van der Waals surface area contributed by atoms with Crippen molar-refractivity contribution in [2.75, 3.05) is 25.1 Å². The highest BCUT2D eigenvalue weighted by Gasteiger charge is 2.15. The van der Waals surface area contributed by atoms with Crippen LogP contribution in [0.5, 0.6) is 5.75 Å². The molecule has 0 bridgehead atoms. The Balaban J connectivity index is 2.91. The van der Waals surface area contributed by atoms with Gasteiger partial charge in [0.15, 0.2) is 11.6 Å². The molecule has 0 aromatic carbocycles. The molecule has 0 saturated heterocycles. The molecule has 4 heteroatoms. The Morgan fingerprint density at radius 3 is 2.81 bits per heavy atom. The van der Waals surface area contributed by atoms with Gasteiger partial charge in [-0.05, 0) is 38.9 Å². The summed E-state index contributed by atoms with van der Waals surface area (Å²) in [7, 11) is 1.67. The number of nitrogens with two attached hydrogens (primary N) is 1. The zero-order chi connectivity index (χ0) is 12.0. The molecule has 0 saturated carbocycles. The molecule has 0 aliphatic carbocycles. The van der Waals surface area contributed by atoms with E-state index in [-0.39, 0.29) is 0 Å². The van der Waals surface area contributed by atoms with Crippen molar-refractivity contribution >= 4 is 5.82 Å². The van der Waals surface area contributed by atoms with Crippen LogP contribution in [0.1, 0.15) is 20.3 Å². The zero-order valence-corrected chi connectivity index (χ0v) is 10.3. The second kappa shape index (κ2) is 6.33. The lowest BCUT2D eigenvalue weighted by molar-refractivity contribution is 0.411. The van der Waals surface area contributed by atoms with Crippen LogP contribution in [-0.4, -0.2) is 31.2 Å². The average molecular weight is 223 g/mol. The average Bonchev–Trinajstić information content (AvgIpc) is 2.29. The van der Waals surface area contributed by atoms with Crippen LogP contribution in [0.4, 0.5) is 5.82 Å². The quantitative estimate of drug-likeness (QED) is 0.796. The third-order valence-electron chi connectivity index (χ3n) is 2.47. The molecule has 2 N–H and O–H groups in total. The van der Waals surface area contributed by atoms with Crippen molar-refractivity contribution in [1.82, 2.24) is 4.98 Å². The first-order valence-corrected chi connectivity index (χ1v) is 5.66. The largest absolute Gasteiger partial charge is 0.493 e. The van der Waals surface area contributed by atoms with Crippen molar-refractivity contribution < 1.29 is 4.74 Å². The number of rotatable bonds is 6. The maximum atomic E-state index is 5.55. The van der Waals surface area contributed by atoms with Gasteiger partial charge in [-0.15, -0.1) is 0 Å². The summed E-state index contributed by atoms with van der Waals surface area (Å²) >= 11 is 0. The highest BCUT2D eigenvalue weighted by atomic mass is 16.5. The second-order valence-corrected chi connectivity index (χ2v) is 3.96. The molecule has 0 aliphatic rings. The summed E-state index contributed by atoms with van der Waals surface area (Å²) in [6.45, 7) is 5.88. The number of pyridine rings is 1. The molecule has 1 aromatic heterocycles. The summed E-state index contributed by atoms with van der Waals surface area (Å²) < 4.78 is 5.32. The highest BCUT2D eigenvalue weighted by Crippen LogP contribution is 2.26. The maximum Gasteiger partial charge on any atom is 0.171 e. The van der Waals surface area contributed by atoms with E-state index in [0.29, 0.717) is 12.6 Å². The fraction of sp³-hybridized carbons (Fsp3) is 0.583. The fourth-order valence-corrected chi connectivity index (χ4v) is 1.63. The summed E-state index contributed by atoms with van der Waals surface area (Å²) in [4.78, 5) is 6.60. The molecule has 0 aliphatic heterocycles. The molecular formula is C12H21N3O. The van der Waals surface area contributed by atoms with Gasteiger partial charge < -0.3 is 15.4 Å². The van der Waals surface area contributed by atoms with E-state index in [1.54, 1.807) is 13.3 Å². The second-order valence-electron chi connectivity index (χ2n) is 3.96. The van der Waals surface area contributed by atoms with Crippen LogP contribution < -0.4 is 15.4 Å². The van der Waals surface area contributed by atoms with Crippen molar-refractivity contribution in [3.05, 3.63) is 18.3 Å². The highest BCUT2D eigenvalue weighted by molar-refractivity contribution is 5.52. The minimum absolute atomic E-state index is 0.385. The third kappa shape index (κ3) is 3.10. The van der Waals surface area contributed by atoms with E-state index in [1.807, 2.05) is 12.1 Å². The monoisotopic (exact) mass is 223 g/mol. The Labute approximate surface area is 97.4 Å². The van der Waals surface area contributed by atoms with Gasteiger partial charge >= 0.3 is 0 Å². The molecule has 0 amide bonds. The first-order valence-electron chi connectivity index (χ1n) is 5.66. The zero-order valence-electron chi connectivity index (χ0n) is 10.3. The minimum atomic E-state index is 0.385. The molecule has 0 spiro atoms.